The second kappa shape index (κ2) is 5.26. The van der Waals surface area contributed by atoms with Gasteiger partial charge in [-0.2, -0.15) is 0 Å². The second-order valence-electron chi connectivity index (χ2n) is 3.94. The molecule has 1 aromatic carbocycles. The summed E-state index contributed by atoms with van der Waals surface area (Å²) in [5.74, 6) is 1.04. The quantitative estimate of drug-likeness (QED) is 0.468. The monoisotopic (exact) mass is 403 g/mol. The van der Waals surface area contributed by atoms with Gasteiger partial charge in [-0.3, -0.25) is 4.57 Å². The summed E-state index contributed by atoms with van der Waals surface area (Å²) in [7, 11) is 0. The molecule has 19 heavy (non-hydrogen) atoms. The van der Waals surface area contributed by atoms with Crippen LogP contribution >= 0.6 is 45.8 Å². The van der Waals surface area contributed by atoms with Crippen LogP contribution in [0.5, 0.6) is 0 Å². The van der Waals surface area contributed by atoms with Gasteiger partial charge in [0.1, 0.15) is 11.3 Å². The van der Waals surface area contributed by atoms with Crippen molar-refractivity contribution in [1.29, 1.82) is 0 Å². The van der Waals surface area contributed by atoms with Gasteiger partial charge < -0.3 is 0 Å². The van der Waals surface area contributed by atoms with E-state index in [4.69, 9.17) is 23.2 Å². The second-order valence-corrected chi connectivity index (χ2v) is 5.86. The SMILES string of the molecule is ClCc1nc2cccnc2n1-c1ccc(I)cc1Cl. The van der Waals surface area contributed by atoms with Gasteiger partial charge in [0.15, 0.2) is 5.65 Å². The van der Waals surface area contributed by atoms with Crippen LogP contribution in [0, 0.1) is 3.57 Å². The Bertz CT molecular complexity index is 755. The summed E-state index contributed by atoms with van der Waals surface area (Å²) in [6, 6.07) is 9.62. The molecule has 0 bridgehead atoms. The molecule has 3 aromatic rings. The van der Waals surface area contributed by atoms with Crippen LogP contribution in [0.4, 0.5) is 0 Å². The van der Waals surface area contributed by atoms with Crippen molar-refractivity contribution in [1.82, 2.24) is 14.5 Å². The Balaban J connectivity index is 2.34. The maximum Gasteiger partial charge on any atom is 0.164 e. The highest BCUT2D eigenvalue weighted by Crippen LogP contribution is 2.27. The van der Waals surface area contributed by atoms with Crippen LogP contribution in [0.15, 0.2) is 36.5 Å². The maximum atomic E-state index is 6.33. The van der Waals surface area contributed by atoms with Gasteiger partial charge in [-0.1, -0.05) is 11.6 Å². The van der Waals surface area contributed by atoms with E-state index in [1.165, 1.54) is 0 Å². The lowest BCUT2D eigenvalue weighted by Gasteiger charge is -2.09. The van der Waals surface area contributed by atoms with Crippen LogP contribution in [0.1, 0.15) is 5.82 Å². The van der Waals surface area contributed by atoms with Crippen molar-refractivity contribution < 1.29 is 0 Å². The molecule has 0 spiro atoms. The Labute approximate surface area is 133 Å². The molecule has 0 saturated heterocycles. The van der Waals surface area contributed by atoms with Gasteiger partial charge >= 0.3 is 0 Å². The zero-order valence-electron chi connectivity index (χ0n) is 9.65. The number of alkyl halides is 1. The average molecular weight is 404 g/mol. The van der Waals surface area contributed by atoms with Crippen molar-refractivity contribution in [2.45, 2.75) is 5.88 Å². The minimum atomic E-state index is 0.304. The van der Waals surface area contributed by atoms with Crippen LogP contribution in [0.25, 0.3) is 16.9 Å². The van der Waals surface area contributed by atoms with E-state index in [1.54, 1.807) is 6.20 Å². The van der Waals surface area contributed by atoms with Crippen LogP contribution in [0.2, 0.25) is 5.02 Å². The summed E-state index contributed by atoms with van der Waals surface area (Å²) >= 11 is 14.5. The first-order chi connectivity index (χ1) is 9.20. The van der Waals surface area contributed by atoms with Gasteiger partial charge in [0.2, 0.25) is 0 Å². The molecule has 0 atom stereocenters. The maximum absolute atomic E-state index is 6.33. The summed E-state index contributed by atoms with van der Waals surface area (Å²) in [6.07, 6.45) is 1.74. The number of fused-ring (bicyclic) bond motifs is 1. The molecule has 0 aliphatic rings. The predicted molar refractivity (Wildman–Crippen MR) is 86.1 cm³/mol. The number of hydrogen-bond acceptors (Lipinski definition) is 2. The van der Waals surface area contributed by atoms with E-state index >= 15 is 0 Å². The molecule has 3 nitrogen and oxygen atoms in total. The van der Waals surface area contributed by atoms with Gasteiger partial charge in [0.25, 0.3) is 0 Å². The minimum absolute atomic E-state index is 0.304. The van der Waals surface area contributed by atoms with E-state index in [9.17, 15) is 0 Å². The molecule has 0 fully saturated rings. The molecule has 0 amide bonds. The summed E-state index contributed by atoms with van der Waals surface area (Å²) in [5, 5.41) is 0.656. The first-order valence-electron chi connectivity index (χ1n) is 5.54. The molecule has 96 valence electrons. The first kappa shape index (κ1) is 13.1. The molecule has 6 heteroatoms. The van der Waals surface area contributed by atoms with Gasteiger partial charge in [-0.05, 0) is 52.9 Å². The summed E-state index contributed by atoms with van der Waals surface area (Å²) in [5.41, 5.74) is 2.42. The Morgan fingerprint density at radius 2 is 2.11 bits per heavy atom. The highest BCUT2D eigenvalue weighted by atomic mass is 127. The summed E-state index contributed by atoms with van der Waals surface area (Å²) in [4.78, 5) is 8.85. The highest BCUT2D eigenvalue weighted by molar-refractivity contribution is 14.1. The number of hydrogen-bond donors (Lipinski definition) is 0. The summed E-state index contributed by atoms with van der Waals surface area (Å²) < 4.78 is 2.98. The molecule has 0 saturated carbocycles. The van der Waals surface area contributed by atoms with Crippen molar-refractivity contribution in [2.75, 3.05) is 0 Å². The van der Waals surface area contributed by atoms with Crippen molar-refractivity contribution in [2.24, 2.45) is 0 Å². The predicted octanol–water partition coefficient (Wildman–Crippen LogP) is 4.42. The van der Waals surface area contributed by atoms with Crippen molar-refractivity contribution in [3.05, 3.63) is 50.9 Å². The molecular formula is C13H8Cl2IN3. The number of nitrogens with zero attached hydrogens (tertiary/aromatic N) is 3. The van der Waals surface area contributed by atoms with Gasteiger partial charge in [0.05, 0.1) is 16.6 Å². The van der Waals surface area contributed by atoms with Crippen molar-refractivity contribution >= 4 is 57.0 Å². The molecule has 0 radical (unpaired) electrons. The van der Waals surface area contributed by atoms with Gasteiger partial charge in [0, 0.05) is 9.77 Å². The smallest absolute Gasteiger partial charge is 0.164 e. The third-order valence-corrected chi connectivity index (χ3v) is 3.97. The number of aromatic nitrogens is 3. The lowest BCUT2D eigenvalue weighted by Crippen LogP contribution is -2.01. The van der Waals surface area contributed by atoms with Crippen molar-refractivity contribution in [3.8, 4) is 5.69 Å². The summed E-state index contributed by atoms with van der Waals surface area (Å²) in [6.45, 7) is 0. The zero-order chi connectivity index (χ0) is 13.4. The van der Waals surface area contributed by atoms with E-state index in [1.807, 2.05) is 34.9 Å². The van der Waals surface area contributed by atoms with Gasteiger partial charge in [-0.25, -0.2) is 9.97 Å². The Hall–Kier alpha value is -0.850. The third-order valence-electron chi connectivity index (χ3n) is 2.76. The minimum Gasteiger partial charge on any atom is -0.278 e. The molecular weight excluding hydrogens is 396 g/mol. The Kier molecular flexibility index (Phi) is 3.64. The fraction of sp³-hybridized carbons (Fsp3) is 0.0769. The van der Waals surface area contributed by atoms with Crippen LogP contribution < -0.4 is 0 Å². The topological polar surface area (TPSA) is 30.7 Å². The Morgan fingerprint density at radius 1 is 1.26 bits per heavy atom. The molecule has 0 unspecified atom stereocenters. The molecule has 2 aromatic heterocycles. The van der Waals surface area contributed by atoms with E-state index in [0.29, 0.717) is 10.9 Å². The molecule has 2 heterocycles. The molecule has 0 aliphatic carbocycles. The van der Waals surface area contributed by atoms with E-state index in [0.717, 1.165) is 26.2 Å². The van der Waals surface area contributed by atoms with Crippen LogP contribution in [-0.4, -0.2) is 14.5 Å². The number of rotatable bonds is 2. The molecule has 0 aliphatic heterocycles. The van der Waals surface area contributed by atoms with E-state index < -0.39 is 0 Å². The lowest BCUT2D eigenvalue weighted by molar-refractivity contribution is 0.969. The fourth-order valence-corrected chi connectivity index (χ4v) is 3.08. The van der Waals surface area contributed by atoms with E-state index in [2.05, 4.69) is 32.6 Å². The van der Waals surface area contributed by atoms with Gasteiger partial charge in [-0.15, -0.1) is 11.6 Å². The first-order valence-corrected chi connectivity index (χ1v) is 7.53. The largest absolute Gasteiger partial charge is 0.278 e. The standard InChI is InChI=1S/C13H8Cl2IN3/c14-7-12-18-10-2-1-5-17-13(10)19(12)11-4-3-8(16)6-9(11)15/h1-6H,7H2. The van der Waals surface area contributed by atoms with Crippen molar-refractivity contribution in [3.63, 3.8) is 0 Å². The Morgan fingerprint density at radius 3 is 2.84 bits per heavy atom. The number of imidazole rings is 1. The van der Waals surface area contributed by atoms with Crippen LogP contribution in [-0.2, 0) is 5.88 Å². The lowest BCUT2D eigenvalue weighted by atomic mass is 10.3. The normalized spacial score (nSPS) is 11.1. The van der Waals surface area contributed by atoms with Crippen LogP contribution in [0.3, 0.4) is 0 Å². The molecule has 3 rings (SSSR count). The number of halogens is 3. The third kappa shape index (κ3) is 2.32. The number of benzene rings is 1. The zero-order valence-corrected chi connectivity index (χ0v) is 13.3. The average Bonchev–Trinajstić information content (AvgIpc) is 2.77. The fourth-order valence-electron chi connectivity index (χ4n) is 1.96. The highest BCUT2D eigenvalue weighted by Gasteiger charge is 2.14. The van der Waals surface area contributed by atoms with E-state index in [-0.39, 0.29) is 0 Å². The number of pyridine rings is 1. The molecule has 0 N–H and O–H groups in total.